The van der Waals surface area contributed by atoms with Gasteiger partial charge >= 0.3 is 0 Å². The first-order chi connectivity index (χ1) is 7.97. The second kappa shape index (κ2) is 6.13. The van der Waals surface area contributed by atoms with Gasteiger partial charge in [0, 0.05) is 23.8 Å². The summed E-state index contributed by atoms with van der Waals surface area (Å²) in [5.41, 5.74) is 1.28. The first-order valence-electron chi connectivity index (χ1n) is 6.01. The average molecular weight is 251 g/mol. The van der Waals surface area contributed by atoms with Gasteiger partial charge in [-0.15, -0.1) is 11.3 Å². The van der Waals surface area contributed by atoms with E-state index in [0.29, 0.717) is 6.42 Å². The fraction of sp³-hybridized carbons (Fsp3) is 0.692. The van der Waals surface area contributed by atoms with Crippen molar-refractivity contribution in [3.05, 3.63) is 16.1 Å². The van der Waals surface area contributed by atoms with E-state index in [1.807, 2.05) is 0 Å². The predicted molar refractivity (Wildman–Crippen MR) is 72.0 cm³/mol. The molecule has 0 saturated carbocycles. The molecule has 0 amide bonds. The van der Waals surface area contributed by atoms with Crippen molar-refractivity contribution in [2.24, 2.45) is 0 Å². The van der Waals surface area contributed by atoms with Crippen LogP contribution < -0.4 is 0 Å². The molecule has 94 valence electrons. The van der Waals surface area contributed by atoms with Crippen LogP contribution in [0.4, 0.5) is 0 Å². The van der Waals surface area contributed by atoms with Gasteiger partial charge in [-0.25, -0.2) is 4.98 Å². The Morgan fingerprint density at radius 1 is 1.47 bits per heavy atom. The summed E-state index contributed by atoms with van der Waals surface area (Å²) in [6.07, 6.45) is 0.589. The van der Waals surface area contributed by atoms with Gasteiger partial charge in [0.1, 0.15) is 5.01 Å². The molecule has 0 saturated heterocycles. The number of hydrogen-bond donors (Lipinski definition) is 0. The fourth-order valence-electron chi connectivity index (χ4n) is 1.48. The van der Waals surface area contributed by atoms with Crippen LogP contribution in [0.3, 0.4) is 0 Å². The zero-order valence-electron chi connectivity index (χ0n) is 11.2. The molecule has 0 aromatic carbocycles. The molecule has 0 bridgehead atoms. The zero-order valence-corrected chi connectivity index (χ0v) is 12.0. The number of aromatic nitrogens is 1. The minimum atomic E-state index is 0.123. The van der Waals surface area contributed by atoms with Gasteiger partial charge in [-0.05, 0) is 6.54 Å². The molecule has 1 rings (SSSR count). The van der Waals surface area contributed by atoms with Crippen LogP contribution in [0, 0.1) is 11.3 Å². The van der Waals surface area contributed by atoms with E-state index < -0.39 is 0 Å². The second-order valence-corrected chi connectivity index (χ2v) is 6.10. The van der Waals surface area contributed by atoms with Gasteiger partial charge in [0.25, 0.3) is 0 Å². The van der Waals surface area contributed by atoms with Crippen molar-refractivity contribution < 1.29 is 0 Å². The summed E-state index contributed by atoms with van der Waals surface area (Å²) in [6, 6.07) is 2.19. The smallest absolute Gasteiger partial charge is 0.107 e. The summed E-state index contributed by atoms with van der Waals surface area (Å²) in [6.45, 7) is 11.3. The van der Waals surface area contributed by atoms with E-state index in [1.165, 1.54) is 0 Å². The van der Waals surface area contributed by atoms with Gasteiger partial charge in [0.15, 0.2) is 0 Å². The standard InChI is InChI=1S/C13H21N3S/c1-5-16(8-6-7-14)9-12-15-11(10-17-12)13(2,3)4/h10H,5-6,8-9H2,1-4H3. The monoisotopic (exact) mass is 251 g/mol. The Morgan fingerprint density at radius 2 is 2.18 bits per heavy atom. The SMILES string of the molecule is CCN(CCC#N)Cc1nc(C(C)(C)C)cs1. The maximum absolute atomic E-state index is 8.60. The Labute approximate surface area is 108 Å². The number of nitriles is 1. The van der Waals surface area contributed by atoms with Crippen molar-refractivity contribution in [2.75, 3.05) is 13.1 Å². The highest BCUT2D eigenvalue weighted by molar-refractivity contribution is 7.09. The van der Waals surface area contributed by atoms with E-state index >= 15 is 0 Å². The molecule has 0 aliphatic rings. The summed E-state index contributed by atoms with van der Waals surface area (Å²) in [5.74, 6) is 0. The second-order valence-electron chi connectivity index (χ2n) is 5.15. The molecule has 3 nitrogen and oxygen atoms in total. The molecule has 0 aliphatic heterocycles. The predicted octanol–water partition coefficient (Wildman–Crippen LogP) is 3.18. The molecule has 0 N–H and O–H groups in total. The quantitative estimate of drug-likeness (QED) is 0.807. The normalized spacial score (nSPS) is 11.8. The van der Waals surface area contributed by atoms with E-state index in [2.05, 4.69) is 49.0 Å². The third-order valence-corrected chi connectivity index (χ3v) is 3.50. The van der Waals surface area contributed by atoms with Crippen LogP contribution >= 0.6 is 11.3 Å². The highest BCUT2D eigenvalue weighted by Crippen LogP contribution is 2.24. The van der Waals surface area contributed by atoms with Crippen LogP contribution in [0.5, 0.6) is 0 Å². The van der Waals surface area contributed by atoms with Gasteiger partial charge in [0.05, 0.1) is 18.3 Å². The Morgan fingerprint density at radius 3 is 2.65 bits per heavy atom. The zero-order chi connectivity index (χ0) is 12.9. The average Bonchev–Trinajstić information content (AvgIpc) is 2.72. The van der Waals surface area contributed by atoms with Gasteiger partial charge < -0.3 is 0 Å². The minimum absolute atomic E-state index is 0.123. The van der Waals surface area contributed by atoms with Crippen molar-refractivity contribution in [2.45, 2.75) is 46.1 Å². The molecule has 0 aliphatic carbocycles. The summed E-state index contributed by atoms with van der Waals surface area (Å²) in [7, 11) is 0. The topological polar surface area (TPSA) is 39.9 Å². The summed E-state index contributed by atoms with van der Waals surface area (Å²) in [5, 5.41) is 11.9. The molecule has 0 atom stereocenters. The maximum Gasteiger partial charge on any atom is 0.107 e. The first-order valence-corrected chi connectivity index (χ1v) is 6.89. The van der Waals surface area contributed by atoms with E-state index in [4.69, 9.17) is 5.26 Å². The summed E-state index contributed by atoms with van der Waals surface area (Å²) < 4.78 is 0. The molecule has 1 heterocycles. The number of hydrogen-bond acceptors (Lipinski definition) is 4. The highest BCUT2D eigenvalue weighted by atomic mass is 32.1. The maximum atomic E-state index is 8.60. The van der Waals surface area contributed by atoms with Crippen molar-refractivity contribution in [3.8, 4) is 6.07 Å². The lowest BCUT2D eigenvalue weighted by atomic mass is 9.93. The molecule has 4 heteroatoms. The molecular weight excluding hydrogens is 230 g/mol. The van der Waals surface area contributed by atoms with Crippen LogP contribution in [0.1, 0.15) is 44.8 Å². The third-order valence-electron chi connectivity index (χ3n) is 2.67. The Bertz CT molecular complexity index is 384. The lowest BCUT2D eigenvalue weighted by molar-refractivity contribution is 0.286. The van der Waals surface area contributed by atoms with Gasteiger partial charge in [-0.1, -0.05) is 27.7 Å². The largest absolute Gasteiger partial charge is 0.296 e. The van der Waals surface area contributed by atoms with Gasteiger partial charge in [-0.3, -0.25) is 4.90 Å². The molecular formula is C13H21N3S. The third kappa shape index (κ3) is 4.45. The van der Waals surface area contributed by atoms with Gasteiger partial charge in [0.2, 0.25) is 0 Å². The molecule has 0 spiro atoms. The van der Waals surface area contributed by atoms with E-state index in [-0.39, 0.29) is 5.41 Å². The lowest BCUT2D eigenvalue weighted by Gasteiger charge is -2.17. The number of rotatable bonds is 5. The van der Waals surface area contributed by atoms with Crippen molar-refractivity contribution in [3.63, 3.8) is 0 Å². The van der Waals surface area contributed by atoms with Crippen LogP contribution in [0.2, 0.25) is 0 Å². The molecule has 1 aromatic heterocycles. The van der Waals surface area contributed by atoms with Crippen LogP contribution in [0.25, 0.3) is 0 Å². The van der Waals surface area contributed by atoms with Crippen molar-refractivity contribution in [1.29, 1.82) is 5.26 Å². The Balaban J connectivity index is 2.62. The molecule has 0 unspecified atom stereocenters. The Kier molecular flexibility index (Phi) is 5.10. The Hall–Kier alpha value is -0.920. The molecule has 0 radical (unpaired) electrons. The van der Waals surface area contributed by atoms with Crippen LogP contribution in [-0.2, 0) is 12.0 Å². The fourth-order valence-corrected chi connectivity index (χ4v) is 2.54. The molecule has 1 aromatic rings. The van der Waals surface area contributed by atoms with Gasteiger partial charge in [-0.2, -0.15) is 5.26 Å². The molecule has 0 fully saturated rings. The number of nitrogens with zero attached hydrogens (tertiary/aromatic N) is 3. The van der Waals surface area contributed by atoms with Crippen LogP contribution in [0.15, 0.2) is 5.38 Å². The van der Waals surface area contributed by atoms with Crippen LogP contribution in [-0.4, -0.2) is 23.0 Å². The summed E-state index contributed by atoms with van der Waals surface area (Å²) >= 11 is 1.72. The van der Waals surface area contributed by atoms with Crippen molar-refractivity contribution in [1.82, 2.24) is 9.88 Å². The van der Waals surface area contributed by atoms with E-state index in [0.717, 1.165) is 30.3 Å². The lowest BCUT2D eigenvalue weighted by Crippen LogP contribution is -2.24. The minimum Gasteiger partial charge on any atom is -0.296 e. The van der Waals surface area contributed by atoms with E-state index in [1.54, 1.807) is 11.3 Å². The van der Waals surface area contributed by atoms with E-state index in [9.17, 15) is 0 Å². The number of thiazole rings is 1. The highest BCUT2D eigenvalue weighted by Gasteiger charge is 2.17. The van der Waals surface area contributed by atoms with Crippen molar-refractivity contribution >= 4 is 11.3 Å². The molecule has 17 heavy (non-hydrogen) atoms. The summed E-state index contributed by atoms with van der Waals surface area (Å²) in [4.78, 5) is 6.93. The first kappa shape index (κ1) is 14.1.